The Bertz CT molecular complexity index is 946. The number of aryl methyl sites for hydroxylation is 2. The van der Waals surface area contributed by atoms with Crippen LogP contribution in [0.15, 0.2) is 84.9 Å². The fourth-order valence-corrected chi connectivity index (χ4v) is 3.27. The fraction of sp³-hybridized carbons (Fsp3) is 0.200. The Morgan fingerprint density at radius 3 is 2.10 bits per heavy atom. The molecule has 0 aliphatic rings. The van der Waals surface area contributed by atoms with Crippen molar-refractivity contribution in [2.75, 3.05) is 11.9 Å². The molecule has 2 N–H and O–H groups in total. The summed E-state index contributed by atoms with van der Waals surface area (Å²) in [6.45, 7) is 0.601. The number of nitrogens with one attached hydrogen (secondary N) is 2. The van der Waals surface area contributed by atoms with Gasteiger partial charge in [-0.15, -0.1) is 0 Å². The minimum atomic E-state index is -0.113. The Kier molecular flexibility index (Phi) is 8.42. The van der Waals surface area contributed by atoms with Gasteiger partial charge in [0.2, 0.25) is 5.91 Å². The van der Waals surface area contributed by atoms with E-state index in [0.717, 1.165) is 24.1 Å². The molecule has 4 nitrogen and oxygen atoms in total. The summed E-state index contributed by atoms with van der Waals surface area (Å²) < 4.78 is 5.94. The highest BCUT2D eigenvalue weighted by molar-refractivity contribution is 7.80. The summed E-state index contributed by atoms with van der Waals surface area (Å²) in [6, 6.07) is 27.9. The smallest absolute Gasteiger partial charge is 0.226 e. The highest BCUT2D eigenvalue weighted by atomic mass is 32.1. The van der Waals surface area contributed by atoms with Gasteiger partial charge in [-0.2, -0.15) is 0 Å². The van der Waals surface area contributed by atoms with Crippen molar-refractivity contribution in [1.82, 2.24) is 5.32 Å². The van der Waals surface area contributed by atoms with Crippen molar-refractivity contribution in [2.45, 2.75) is 25.7 Å². The summed E-state index contributed by atoms with van der Waals surface area (Å²) in [5.41, 5.74) is 3.17. The Hall–Kier alpha value is -3.18. The Morgan fingerprint density at radius 1 is 0.800 bits per heavy atom. The molecular formula is C25H26N2O2S. The molecule has 3 aromatic rings. The normalized spacial score (nSPS) is 10.3. The molecule has 3 aromatic carbocycles. The molecule has 5 heteroatoms. The molecule has 0 bridgehead atoms. The lowest BCUT2D eigenvalue weighted by atomic mass is 10.1. The maximum absolute atomic E-state index is 12.2. The Morgan fingerprint density at radius 2 is 1.40 bits per heavy atom. The number of rotatable bonds is 9. The average molecular weight is 419 g/mol. The first-order valence-electron chi connectivity index (χ1n) is 10.1. The van der Waals surface area contributed by atoms with Gasteiger partial charge in [-0.3, -0.25) is 4.79 Å². The molecule has 1 amide bonds. The van der Waals surface area contributed by atoms with Gasteiger partial charge < -0.3 is 15.4 Å². The van der Waals surface area contributed by atoms with Gasteiger partial charge in [-0.1, -0.05) is 72.8 Å². The van der Waals surface area contributed by atoms with Gasteiger partial charge in [0.15, 0.2) is 5.11 Å². The topological polar surface area (TPSA) is 50.4 Å². The third-order valence-corrected chi connectivity index (χ3v) is 4.79. The van der Waals surface area contributed by atoms with Crippen LogP contribution in [0, 0.1) is 0 Å². The number of carbonyl (C=O) groups excluding carboxylic acids is 1. The van der Waals surface area contributed by atoms with Gasteiger partial charge in [0, 0.05) is 6.42 Å². The molecule has 0 aliphatic heterocycles. The lowest BCUT2D eigenvalue weighted by molar-refractivity contribution is -0.119. The number of hydrogen-bond acceptors (Lipinski definition) is 3. The van der Waals surface area contributed by atoms with Gasteiger partial charge in [0.1, 0.15) is 5.75 Å². The second kappa shape index (κ2) is 11.7. The first-order chi connectivity index (χ1) is 14.7. The van der Waals surface area contributed by atoms with Gasteiger partial charge in [-0.05, 0) is 54.7 Å². The lowest BCUT2D eigenvalue weighted by Gasteiger charge is -2.14. The largest absolute Gasteiger partial charge is 0.491 e. The van der Waals surface area contributed by atoms with Crippen LogP contribution in [0.2, 0.25) is 0 Å². The zero-order valence-corrected chi connectivity index (χ0v) is 17.7. The van der Waals surface area contributed by atoms with E-state index < -0.39 is 0 Å². The molecule has 0 atom stereocenters. The van der Waals surface area contributed by atoms with E-state index in [4.69, 9.17) is 17.0 Å². The summed E-state index contributed by atoms with van der Waals surface area (Å²) in [7, 11) is 0. The fourth-order valence-electron chi connectivity index (χ4n) is 3.04. The van der Waals surface area contributed by atoms with Crippen LogP contribution < -0.4 is 15.4 Å². The monoisotopic (exact) mass is 418 g/mol. The molecule has 0 spiro atoms. The van der Waals surface area contributed by atoms with Gasteiger partial charge in [0.25, 0.3) is 0 Å². The van der Waals surface area contributed by atoms with Crippen LogP contribution in [0.3, 0.4) is 0 Å². The number of benzene rings is 3. The summed E-state index contributed by atoms with van der Waals surface area (Å²) >= 11 is 5.30. The van der Waals surface area contributed by atoms with Crippen molar-refractivity contribution in [3.63, 3.8) is 0 Å². The molecular weight excluding hydrogens is 392 g/mol. The molecule has 30 heavy (non-hydrogen) atoms. The molecule has 0 aromatic heterocycles. The minimum Gasteiger partial charge on any atom is -0.491 e. The lowest BCUT2D eigenvalue weighted by Crippen LogP contribution is -2.34. The SMILES string of the molecule is O=C(CCc1ccccc1)NC(=S)Nc1ccccc1OCCCc1ccccc1. The highest BCUT2D eigenvalue weighted by Gasteiger charge is 2.08. The van der Waals surface area contributed by atoms with Crippen molar-refractivity contribution in [2.24, 2.45) is 0 Å². The van der Waals surface area contributed by atoms with Crippen LogP contribution in [-0.4, -0.2) is 17.6 Å². The van der Waals surface area contributed by atoms with E-state index in [9.17, 15) is 4.79 Å². The van der Waals surface area contributed by atoms with E-state index >= 15 is 0 Å². The molecule has 3 rings (SSSR count). The van der Waals surface area contributed by atoms with Crippen LogP contribution in [0.25, 0.3) is 0 Å². The molecule has 154 valence electrons. The van der Waals surface area contributed by atoms with Crippen molar-refractivity contribution in [3.05, 3.63) is 96.1 Å². The van der Waals surface area contributed by atoms with Gasteiger partial charge in [-0.25, -0.2) is 0 Å². The number of hydrogen-bond donors (Lipinski definition) is 2. The van der Waals surface area contributed by atoms with Gasteiger partial charge >= 0.3 is 0 Å². The number of para-hydroxylation sites is 2. The van der Waals surface area contributed by atoms with E-state index in [-0.39, 0.29) is 11.0 Å². The van der Waals surface area contributed by atoms with Crippen molar-refractivity contribution in [1.29, 1.82) is 0 Å². The third-order valence-electron chi connectivity index (χ3n) is 4.58. The van der Waals surface area contributed by atoms with Crippen molar-refractivity contribution < 1.29 is 9.53 Å². The van der Waals surface area contributed by atoms with Crippen LogP contribution in [-0.2, 0) is 17.6 Å². The Balaban J connectivity index is 1.44. The van der Waals surface area contributed by atoms with Crippen LogP contribution in [0.4, 0.5) is 5.69 Å². The standard InChI is InChI=1S/C25H26N2O2S/c28-24(18-17-21-12-5-2-6-13-21)27-25(30)26-22-15-7-8-16-23(22)29-19-9-14-20-10-3-1-4-11-20/h1-8,10-13,15-16H,9,14,17-19H2,(H2,26,27,28,30). The number of amides is 1. The van der Waals surface area contributed by atoms with Crippen molar-refractivity contribution in [3.8, 4) is 5.75 Å². The quantitative estimate of drug-likeness (QED) is 0.373. The first kappa shape index (κ1) is 21.5. The summed E-state index contributed by atoms with van der Waals surface area (Å²) in [5.74, 6) is 0.601. The zero-order valence-electron chi connectivity index (χ0n) is 16.8. The van der Waals surface area contributed by atoms with Crippen molar-refractivity contribution >= 4 is 28.9 Å². The summed E-state index contributed by atoms with van der Waals surface area (Å²) in [6.07, 6.45) is 2.94. The molecule has 0 fully saturated rings. The van der Waals surface area contributed by atoms with E-state index in [0.29, 0.717) is 25.2 Å². The molecule has 0 unspecified atom stereocenters. The average Bonchev–Trinajstić information content (AvgIpc) is 2.78. The molecule has 0 aliphatic carbocycles. The summed E-state index contributed by atoms with van der Waals surface area (Å²) in [4.78, 5) is 12.2. The summed E-state index contributed by atoms with van der Waals surface area (Å²) in [5, 5.41) is 6.08. The zero-order chi connectivity index (χ0) is 21.0. The van der Waals surface area contributed by atoms with Gasteiger partial charge in [0.05, 0.1) is 12.3 Å². The molecule has 0 saturated heterocycles. The van der Waals surface area contributed by atoms with E-state index in [2.05, 4.69) is 22.8 Å². The predicted octanol–water partition coefficient (Wildman–Crippen LogP) is 5.14. The van der Waals surface area contributed by atoms with E-state index in [1.54, 1.807) is 0 Å². The number of carbonyl (C=O) groups is 1. The van der Waals surface area contributed by atoms with Crippen LogP contribution >= 0.6 is 12.2 Å². The van der Waals surface area contributed by atoms with E-state index in [1.165, 1.54) is 5.56 Å². The Labute approximate surface area is 183 Å². The minimum absolute atomic E-state index is 0.113. The predicted molar refractivity (Wildman–Crippen MR) is 126 cm³/mol. The second-order valence-corrected chi connectivity index (χ2v) is 7.33. The maximum atomic E-state index is 12.2. The number of ether oxygens (including phenoxy) is 1. The molecule has 0 radical (unpaired) electrons. The highest BCUT2D eigenvalue weighted by Crippen LogP contribution is 2.24. The maximum Gasteiger partial charge on any atom is 0.226 e. The number of thiocarbonyl (C=S) groups is 1. The third kappa shape index (κ3) is 7.33. The van der Waals surface area contributed by atoms with E-state index in [1.807, 2.05) is 72.8 Å². The second-order valence-electron chi connectivity index (χ2n) is 6.92. The van der Waals surface area contributed by atoms with Crippen LogP contribution in [0.5, 0.6) is 5.75 Å². The molecule has 0 saturated carbocycles. The molecule has 0 heterocycles. The first-order valence-corrected chi connectivity index (χ1v) is 10.5. The van der Waals surface area contributed by atoms with Crippen LogP contribution in [0.1, 0.15) is 24.0 Å². The number of anilines is 1.